The predicted octanol–water partition coefficient (Wildman–Crippen LogP) is 1.47. The van der Waals surface area contributed by atoms with Crippen molar-refractivity contribution in [2.24, 2.45) is 5.73 Å². The molecule has 4 nitrogen and oxygen atoms in total. The van der Waals surface area contributed by atoms with E-state index in [1.165, 1.54) is 0 Å². The van der Waals surface area contributed by atoms with E-state index >= 15 is 0 Å². The van der Waals surface area contributed by atoms with Crippen molar-refractivity contribution in [2.45, 2.75) is 26.3 Å². The molecular formula is C13H20N2O2. The third kappa shape index (κ3) is 3.75. The summed E-state index contributed by atoms with van der Waals surface area (Å²) in [6, 6.07) is 5.61. The molecule has 0 aliphatic heterocycles. The van der Waals surface area contributed by atoms with E-state index in [4.69, 9.17) is 10.5 Å². The minimum absolute atomic E-state index is 0.0673. The Kier molecular flexibility index (Phi) is 4.97. The molecule has 0 saturated heterocycles. The Labute approximate surface area is 102 Å². The van der Waals surface area contributed by atoms with Gasteiger partial charge >= 0.3 is 0 Å². The Morgan fingerprint density at radius 2 is 2.24 bits per heavy atom. The second-order valence-corrected chi connectivity index (χ2v) is 4.16. The maximum Gasteiger partial charge on any atom is 0.255 e. The fourth-order valence-electron chi connectivity index (χ4n) is 1.62. The van der Waals surface area contributed by atoms with Gasteiger partial charge in [-0.1, -0.05) is 11.6 Å². The molecule has 0 fully saturated rings. The summed E-state index contributed by atoms with van der Waals surface area (Å²) >= 11 is 0. The number of rotatable bonds is 5. The number of ether oxygens (including phenoxy) is 1. The molecule has 4 heteroatoms. The van der Waals surface area contributed by atoms with Crippen LogP contribution in [0.5, 0.6) is 5.75 Å². The number of carbonyl (C=O) groups excluding carboxylic acids is 1. The molecule has 1 aromatic rings. The van der Waals surface area contributed by atoms with Gasteiger partial charge in [0.1, 0.15) is 5.75 Å². The van der Waals surface area contributed by atoms with Crippen molar-refractivity contribution in [2.75, 3.05) is 13.7 Å². The smallest absolute Gasteiger partial charge is 0.255 e. The van der Waals surface area contributed by atoms with Crippen LogP contribution in [0, 0.1) is 6.92 Å². The van der Waals surface area contributed by atoms with E-state index < -0.39 is 0 Å². The van der Waals surface area contributed by atoms with Gasteiger partial charge in [-0.2, -0.15) is 0 Å². The van der Waals surface area contributed by atoms with Gasteiger partial charge in [0.15, 0.2) is 0 Å². The van der Waals surface area contributed by atoms with Crippen LogP contribution in [0.3, 0.4) is 0 Å². The zero-order valence-corrected chi connectivity index (χ0v) is 10.6. The highest BCUT2D eigenvalue weighted by Gasteiger charge is 2.14. The Hall–Kier alpha value is -1.55. The summed E-state index contributed by atoms with van der Waals surface area (Å²) in [4.78, 5) is 12.0. The first-order valence-corrected chi connectivity index (χ1v) is 5.74. The third-order valence-electron chi connectivity index (χ3n) is 2.58. The highest BCUT2D eigenvalue weighted by molar-refractivity contribution is 5.97. The van der Waals surface area contributed by atoms with Gasteiger partial charge < -0.3 is 15.8 Å². The summed E-state index contributed by atoms with van der Waals surface area (Å²) in [6.07, 6.45) is 0.764. The molecule has 1 atom stereocenters. The standard InChI is InChI=1S/C13H20N2O2/c1-9-4-5-12(17-3)11(8-9)13(16)15-10(2)6-7-14/h4-5,8,10H,6-7,14H2,1-3H3,(H,15,16). The monoisotopic (exact) mass is 236 g/mol. The van der Waals surface area contributed by atoms with Crippen LogP contribution < -0.4 is 15.8 Å². The van der Waals surface area contributed by atoms with Crippen LogP contribution >= 0.6 is 0 Å². The zero-order chi connectivity index (χ0) is 12.8. The van der Waals surface area contributed by atoms with Crippen molar-refractivity contribution in [3.63, 3.8) is 0 Å². The summed E-state index contributed by atoms with van der Waals surface area (Å²) in [5.74, 6) is 0.472. The summed E-state index contributed by atoms with van der Waals surface area (Å²) in [5, 5.41) is 2.90. The second kappa shape index (κ2) is 6.25. The van der Waals surface area contributed by atoms with E-state index in [0.29, 0.717) is 17.9 Å². The zero-order valence-electron chi connectivity index (χ0n) is 10.6. The molecular weight excluding hydrogens is 216 g/mol. The average Bonchev–Trinajstić information content (AvgIpc) is 2.29. The SMILES string of the molecule is COc1ccc(C)cc1C(=O)NC(C)CCN. The fourth-order valence-corrected chi connectivity index (χ4v) is 1.62. The lowest BCUT2D eigenvalue weighted by Crippen LogP contribution is -2.34. The van der Waals surface area contributed by atoms with Crippen molar-refractivity contribution in [3.8, 4) is 5.75 Å². The molecule has 1 amide bonds. The van der Waals surface area contributed by atoms with Crippen molar-refractivity contribution < 1.29 is 9.53 Å². The summed E-state index contributed by atoms with van der Waals surface area (Å²) < 4.78 is 5.18. The van der Waals surface area contributed by atoms with Crippen LogP contribution in [-0.4, -0.2) is 25.6 Å². The molecule has 0 bridgehead atoms. The highest BCUT2D eigenvalue weighted by Crippen LogP contribution is 2.19. The van der Waals surface area contributed by atoms with Crippen LogP contribution in [0.15, 0.2) is 18.2 Å². The van der Waals surface area contributed by atoms with E-state index in [9.17, 15) is 4.79 Å². The van der Waals surface area contributed by atoms with Crippen molar-refractivity contribution in [3.05, 3.63) is 29.3 Å². The van der Waals surface area contributed by atoms with Crippen molar-refractivity contribution in [1.29, 1.82) is 0 Å². The van der Waals surface area contributed by atoms with Crippen molar-refractivity contribution in [1.82, 2.24) is 5.32 Å². The van der Waals surface area contributed by atoms with Gasteiger partial charge in [-0.15, -0.1) is 0 Å². The Morgan fingerprint density at radius 3 is 2.82 bits per heavy atom. The molecule has 0 aliphatic carbocycles. The number of hydrogen-bond donors (Lipinski definition) is 2. The third-order valence-corrected chi connectivity index (χ3v) is 2.58. The van der Waals surface area contributed by atoms with E-state index in [1.54, 1.807) is 13.2 Å². The van der Waals surface area contributed by atoms with Crippen LogP contribution in [-0.2, 0) is 0 Å². The molecule has 1 aromatic carbocycles. The molecule has 3 N–H and O–H groups in total. The van der Waals surface area contributed by atoms with Gasteiger partial charge in [0.25, 0.3) is 5.91 Å². The number of nitrogens with one attached hydrogen (secondary N) is 1. The first-order chi connectivity index (χ1) is 8.08. The lowest BCUT2D eigenvalue weighted by atomic mass is 10.1. The lowest BCUT2D eigenvalue weighted by molar-refractivity contribution is 0.0936. The van der Waals surface area contributed by atoms with Crippen LogP contribution in [0.4, 0.5) is 0 Å². The molecule has 17 heavy (non-hydrogen) atoms. The van der Waals surface area contributed by atoms with E-state index in [1.807, 2.05) is 26.0 Å². The predicted molar refractivity (Wildman–Crippen MR) is 68.3 cm³/mol. The fraction of sp³-hybridized carbons (Fsp3) is 0.462. The number of nitrogens with two attached hydrogens (primary N) is 1. The van der Waals surface area contributed by atoms with Gasteiger partial charge in [0, 0.05) is 6.04 Å². The first-order valence-electron chi connectivity index (χ1n) is 5.74. The minimum atomic E-state index is -0.119. The molecule has 0 spiro atoms. The van der Waals surface area contributed by atoms with Crippen molar-refractivity contribution >= 4 is 5.91 Å². The molecule has 0 radical (unpaired) electrons. The molecule has 0 aliphatic rings. The maximum absolute atomic E-state index is 12.0. The number of amides is 1. The Balaban J connectivity index is 2.83. The molecule has 1 unspecified atom stereocenters. The van der Waals surface area contributed by atoms with E-state index in [-0.39, 0.29) is 11.9 Å². The number of aryl methyl sites for hydroxylation is 1. The first kappa shape index (κ1) is 13.5. The van der Waals surface area contributed by atoms with Gasteiger partial charge in [0.05, 0.1) is 12.7 Å². The topological polar surface area (TPSA) is 64.3 Å². The Morgan fingerprint density at radius 1 is 1.53 bits per heavy atom. The molecule has 94 valence electrons. The Bertz CT molecular complexity index is 391. The maximum atomic E-state index is 12.0. The number of methoxy groups -OCH3 is 1. The number of carbonyl (C=O) groups is 1. The highest BCUT2D eigenvalue weighted by atomic mass is 16.5. The van der Waals surface area contributed by atoms with Crippen LogP contribution in [0.1, 0.15) is 29.3 Å². The minimum Gasteiger partial charge on any atom is -0.496 e. The second-order valence-electron chi connectivity index (χ2n) is 4.16. The molecule has 0 aromatic heterocycles. The normalized spacial score (nSPS) is 12.0. The number of benzene rings is 1. The average molecular weight is 236 g/mol. The summed E-state index contributed by atoms with van der Waals surface area (Å²) in [5.41, 5.74) is 7.04. The quantitative estimate of drug-likeness (QED) is 0.813. The lowest BCUT2D eigenvalue weighted by Gasteiger charge is -2.14. The van der Waals surface area contributed by atoms with Gasteiger partial charge in [0.2, 0.25) is 0 Å². The largest absolute Gasteiger partial charge is 0.496 e. The van der Waals surface area contributed by atoms with E-state index in [0.717, 1.165) is 12.0 Å². The summed E-state index contributed by atoms with van der Waals surface area (Å²) in [7, 11) is 1.56. The molecule has 1 rings (SSSR count). The van der Waals surface area contributed by atoms with Gasteiger partial charge in [-0.25, -0.2) is 0 Å². The summed E-state index contributed by atoms with van der Waals surface area (Å²) in [6.45, 7) is 4.44. The van der Waals surface area contributed by atoms with Gasteiger partial charge in [-0.05, 0) is 38.9 Å². The van der Waals surface area contributed by atoms with Crippen LogP contribution in [0.2, 0.25) is 0 Å². The molecule has 0 saturated carbocycles. The number of hydrogen-bond acceptors (Lipinski definition) is 3. The van der Waals surface area contributed by atoms with Crippen LogP contribution in [0.25, 0.3) is 0 Å². The van der Waals surface area contributed by atoms with E-state index in [2.05, 4.69) is 5.32 Å². The molecule has 0 heterocycles. The van der Waals surface area contributed by atoms with Gasteiger partial charge in [-0.3, -0.25) is 4.79 Å².